The van der Waals surface area contributed by atoms with Crippen molar-refractivity contribution in [3.05, 3.63) is 46.0 Å². The molecular weight excluding hydrogens is 378 g/mol. The van der Waals surface area contributed by atoms with Crippen molar-refractivity contribution < 1.29 is 14.4 Å². The quantitative estimate of drug-likeness (QED) is 0.709. The van der Waals surface area contributed by atoms with Gasteiger partial charge in [-0.1, -0.05) is 24.6 Å². The molecule has 0 radical (unpaired) electrons. The molecule has 3 saturated carbocycles. The predicted molar refractivity (Wildman–Crippen MR) is 115 cm³/mol. The van der Waals surface area contributed by atoms with Crippen molar-refractivity contribution in [3.63, 3.8) is 0 Å². The van der Waals surface area contributed by atoms with E-state index in [4.69, 9.17) is 9.25 Å². The summed E-state index contributed by atoms with van der Waals surface area (Å²) in [7, 11) is 1.61. The first-order valence-electron chi connectivity index (χ1n) is 11.4. The Kier molecular flexibility index (Phi) is 4.55. The summed E-state index contributed by atoms with van der Waals surface area (Å²) < 4.78 is 5.19. The highest BCUT2D eigenvalue weighted by atomic mass is 16.6. The van der Waals surface area contributed by atoms with Gasteiger partial charge in [-0.3, -0.25) is 0 Å². The van der Waals surface area contributed by atoms with Crippen LogP contribution in [0.5, 0.6) is 0 Å². The molecule has 0 amide bonds. The highest BCUT2D eigenvalue weighted by Crippen LogP contribution is 2.69. The maximum absolute atomic E-state index is 12.2. The SMILES string of the molecule is CO/N=C1/C=C2CCC3[C@H](CC[C@]4(C)[C@@H](c5ccc(=O)oc5)CC[C@]34O)[C@@]2(C)CC1. The first kappa shape index (κ1) is 20.0. The Hall–Kier alpha value is -1.88. The lowest BCUT2D eigenvalue weighted by Crippen LogP contribution is -2.60. The van der Waals surface area contributed by atoms with Crippen LogP contribution in [0.1, 0.15) is 76.7 Å². The van der Waals surface area contributed by atoms with Crippen molar-refractivity contribution in [2.75, 3.05) is 7.11 Å². The van der Waals surface area contributed by atoms with Gasteiger partial charge in [0.05, 0.1) is 17.6 Å². The zero-order valence-electron chi connectivity index (χ0n) is 18.3. The molecule has 30 heavy (non-hydrogen) atoms. The Labute approximate surface area is 178 Å². The summed E-state index contributed by atoms with van der Waals surface area (Å²) in [6, 6.07) is 3.42. The summed E-state index contributed by atoms with van der Waals surface area (Å²) in [6.07, 6.45) is 11.9. The minimum absolute atomic E-state index is 0.143. The maximum Gasteiger partial charge on any atom is 0.335 e. The highest BCUT2D eigenvalue weighted by molar-refractivity contribution is 5.96. The van der Waals surface area contributed by atoms with E-state index in [2.05, 4.69) is 25.1 Å². The van der Waals surface area contributed by atoms with E-state index in [-0.39, 0.29) is 22.4 Å². The van der Waals surface area contributed by atoms with E-state index in [1.54, 1.807) is 13.4 Å². The first-order valence-corrected chi connectivity index (χ1v) is 11.4. The Bertz CT molecular complexity index is 944. The van der Waals surface area contributed by atoms with Crippen LogP contribution in [-0.2, 0) is 4.84 Å². The summed E-state index contributed by atoms with van der Waals surface area (Å²) in [5.74, 6) is 1.07. The van der Waals surface area contributed by atoms with Gasteiger partial charge in [-0.05, 0) is 92.2 Å². The number of allylic oxidation sites excluding steroid dienone is 2. The summed E-state index contributed by atoms with van der Waals surface area (Å²) in [5, 5.41) is 16.4. The highest BCUT2D eigenvalue weighted by Gasteiger charge is 2.66. The van der Waals surface area contributed by atoms with Crippen LogP contribution in [0.2, 0.25) is 0 Å². The molecule has 1 N–H and O–H groups in total. The Morgan fingerprint density at radius 3 is 2.67 bits per heavy atom. The van der Waals surface area contributed by atoms with Gasteiger partial charge in [0.25, 0.3) is 0 Å². The molecule has 6 atom stereocenters. The van der Waals surface area contributed by atoms with Gasteiger partial charge in [0, 0.05) is 11.5 Å². The number of aliphatic hydroxyl groups is 1. The topological polar surface area (TPSA) is 72.0 Å². The molecule has 162 valence electrons. The Morgan fingerprint density at radius 1 is 1.10 bits per heavy atom. The third kappa shape index (κ3) is 2.63. The lowest BCUT2D eigenvalue weighted by Gasteiger charge is -2.61. The molecule has 0 aliphatic heterocycles. The third-order valence-corrected chi connectivity index (χ3v) is 9.50. The van der Waals surface area contributed by atoms with Gasteiger partial charge in [-0.15, -0.1) is 0 Å². The molecule has 0 saturated heterocycles. The number of nitrogens with zero attached hydrogens (tertiary/aromatic N) is 1. The number of hydrogen-bond acceptors (Lipinski definition) is 5. The van der Waals surface area contributed by atoms with Gasteiger partial charge < -0.3 is 14.4 Å². The molecule has 4 aliphatic rings. The minimum atomic E-state index is -0.661. The van der Waals surface area contributed by atoms with Gasteiger partial charge in [0.2, 0.25) is 0 Å². The zero-order chi connectivity index (χ0) is 21.1. The fourth-order valence-electron chi connectivity index (χ4n) is 7.83. The van der Waals surface area contributed by atoms with Crippen LogP contribution in [0.4, 0.5) is 0 Å². The van der Waals surface area contributed by atoms with Crippen LogP contribution >= 0.6 is 0 Å². The Morgan fingerprint density at radius 2 is 1.93 bits per heavy atom. The molecule has 1 aromatic heterocycles. The summed E-state index contributed by atoms with van der Waals surface area (Å²) in [4.78, 5) is 16.5. The van der Waals surface area contributed by atoms with Crippen LogP contribution in [0.3, 0.4) is 0 Å². The number of fused-ring (bicyclic) bond motifs is 5. The molecule has 1 aromatic rings. The van der Waals surface area contributed by atoms with Gasteiger partial charge in [-0.25, -0.2) is 4.79 Å². The number of rotatable bonds is 2. The zero-order valence-corrected chi connectivity index (χ0v) is 18.3. The normalized spacial score (nSPS) is 44.1. The maximum atomic E-state index is 12.2. The molecule has 3 fully saturated rings. The second-order valence-corrected chi connectivity index (χ2v) is 10.5. The first-order chi connectivity index (χ1) is 14.3. The Balaban J connectivity index is 1.49. The molecule has 1 heterocycles. The standard InChI is InChI=1S/C25H33NO4/c1-23-11-8-18(26-29-3)14-17(23)5-6-21-20(23)9-12-24(2)19(10-13-25(21,24)28)16-4-7-22(27)30-15-16/h4,7,14-15,19-21,28H,5-6,8-13H2,1-3H3/b26-18+/t19-,20+,21?,23+,24-,25+/m1/s1. The molecular formula is C25H33NO4. The number of oxime groups is 1. The molecule has 0 bridgehead atoms. The second kappa shape index (κ2) is 6.81. The van der Waals surface area contributed by atoms with Crippen LogP contribution in [0.15, 0.2) is 44.4 Å². The van der Waals surface area contributed by atoms with Crippen LogP contribution in [-0.4, -0.2) is 23.5 Å². The molecule has 5 rings (SSSR count). The third-order valence-electron chi connectivity index (χ3n) is 9.50. The monoisotopic (exact) mass is 411 g/mol. The van der Waals surface area contributed by atoms with Crippen LogP contribution in [0, 0.1) is 22.7 Å². The van der Waals surface area contributed by atoms with E-state index < -0.39 is 5.60 Å². The predicted octanol–water partition coefficient (Wildman–Crippen LogP) is 4.80. The van der Waals surface area contributed by atoms with E-state index in [0.29, 0.717) is 11.8 Å². The van der Waals surface area contributed by atoms with Crippen molar-refractivity contribution in [2.24, 2.45) is 27.8 Å². The lowest BCUT2D eigenvalue weighted by atomic mass is 9.45. The average molecular weight is 412 g/mol. The van der Waals surface area contributed by atoms with Crippen LogP contribution in [0.25, 0.3) is 0 Å². The van der Waals surface area contributed by atoms with Crippen molar-refractivity contribution >= 4 is 5.71 Å². The second-order valence-electron chi connectivity index (χ2n) is 10.5. The van der Waals surface area contributed by atoms with Crippen molar-refractivity contribution in [3.8, 4) is 0 Å². The summed E-state index contributed by atoms with van der Waals surface area (Å²) >= 11 is 0. The smallest absolute Gasteiger partial charge is 0.335 e. The van der Waals surface area contributed by atoms with E-state index in [1.807, 2.05) is 6.07 Å². The molecule has 5 nitrogen and oxygen atoms in total. The van der Waals surface area contributed by atoms with Gasteiger partial charge in [-0.2, -0.15) is 0 Å². The largest absolute Gasteiger partial charge is 0.431 e. The molecule has 1 unspecified atom stereocenters. The van der Waals surface area contributed by atoms with E-state index in [9.17, 15) is 9.90 Å². The van der Waals surface area contributed by atoms with Gasteiger partial charge in [0.15, 0.2) is 0 Å². The van der Waals surface area contributed by atoms with E-state index in [0.717, 1.165) is 62.6 Å². The van der Waals surface area contributed by atoms with E-state index in [1.165, 1.54) is 11.6 Å². The fraction of sp³-hybridized carbons (Fsp3) is 0.680. The average Bonchev–Trinajstić information content (AvgIpc) is 3.01. The van der Waals surface area contributed by atoms with Crippen molar-refractivity contribution in [2.45, 2.75) is 76.7 Å². The minimum Gasteiger partial charge on any atom is -0.431 e. The van der Waals surface area contributed by atoms with Gasteiger partial charge in [0.1, 0.15) is 7.11 Å². The van der Waals surface area contributed by atoms with E-state index >= 15 is 0 Å². The molecule has 0 spiro atoms. The summed E-state index contributed by atoms with van der Waals surface area (Å²) in [6.45, 7) is 4.70. The fourth-order valence-corrected chi connectivity index (χ4v) is 7.83. The van der Waals surface area contributed by atoms with Gasteiger partial charge >= 0.3 is 5.63 Å². The summed E-state index contributed by atoms with van der Waals surface area (Å²) in [5.41, 5.74) is 2.60. The van der Waals surface area contributed by atoms with Crippen molar-refractivity contribution in [1.29, 1.82) is 0 Å². The van der Waals surface area contributed by atoms with Crippen molar-refractivity contribution in [1.82, 2.24) is 0 Å². The molecule has 4 aliphatic carbocycles. The van der Waals surface area contributed by atoms with Crippen LogP contribution < -0.4 is 5.63 Å². The molecule has 0 aromatic carbocycles. The lowest BCUT2D eigenvalue weighted by molar-refractivity contribution is -0.176. The molecule has 5 heteroatoms. The number of hydrogen-bond donors (Lipinski definition) is 1.